The van der Waals surface area contributed by atoms with Gasteiger partial charge < -0.3 is 9.64 Å². The minimum absolute atomic E-state index is 0.00238. The van der Waals surface area contributed by atoms with E-state index in [1.807, 2.05) is 18.2 Å². The fourth-order valence-electron chi connectivity index (χ4n) is 7.14. The second-order valence-electron chi connectivity index (χ2n) is 14.2. The quantitative estimate of drug-likeness (QED) is 0.171. The van der Waals surface area contributed by atoms with Crippen molar-refractivity contribution in [3.8, 4) is 11.5 Å². The minimum atomic E-state index is -0.740. The molecule has 1 aliphatic heterocycles. The van der Waals surface area contributed by atoms with Crippen LogP contribution >= 0.6 is 31.9 Å². The second-order valence-corrected chi connectivity index (χ2v) is 15.9. The highest BCUT2D eigenvalue weighted by Crippen LogP contribution is 2.56. The standard InChI is InChI=1S/C36H33Br2N3O7/c1-35(2)15-26-32(28(42)17-35)31(33-27(16-36(3,4)18-29(33)43)39(26)19-20-8-6-5-7-9-20)21-12-23(37)34(24(38)13-21)48-30-11-10-22(40(44)45)14-25(30)41(46)47/h5-14,31H,15-19H2,1-4H3. The van der Waals surface area contributed by atoms with Gasteiger partial charge in [-0.1, -0.05) is 58.0 Å². The van der Waals surface area contributed by atoms with Crippen LogP contribution in [0.15, 0.2) is 92.1 Å². The van der Waals surface area contributed by atoms with E-state index in [9.17, 15) is 29.8 Å². The summed E-state index contributed by atoms with van der Waals surface area (Å²) in [6.45, 7) is 8.93. The van der Waals surface area contributed by atoms with Gasteiger partial charge in [0.2, 0.25) is 5.75 Å². The van der Waals surface area contributed by atoms with Crippen molar-refractivity contribution in [3.05, 3.63) is 124 Å². The van der Waals surface area contributed by atoms with E-state index in [1.54, 1.807) is 12.1 Å². The third-order valence-corrected chi connectivity index (χ3v) is 10.3. The fraction of sp³-hybridized carbons (Fsp3) is 0.333. The van der Waals surface area contributed by atoms with Gasteiger partial charge in [0.15, 0.2) is 17.3 Å². The number of ketones is 2. The number of halogens is 2. The lowest BCUT2D eigenvalue weighted by Crippen LogP contribution is -2.44. The summed E-state index contributed by atoms with van der Waals surface area (Å²) in [5.41, 5.74) is 3.33. The van der Waals surface area contributed by atoms with Gasteiger partial charge in [0.05, 0.1) is 24.9 Å². The van der Waals surface area contributed by atoms with Crippen molar-refractivity contribution in [2.75, 3.05) is 0 Å². The Morgan fingerprint density at radius 1 is 0.792 bits per heavy atom. The molecule has 0 amide bonds. The van der Waals surface area contributed by atoms with Gasteiger partial charge in [-0.05, 0) is 84.9 Å². The summed E-state index contributed by atoms with van der Waals surface area (Å²) in [5.74, 6) is -0.596. The number of allylic oxidation sites excluding steroid dienone is 4. The van der Waals surface area contributed by atoms with E-state index in [1.165, 1.54) is 6.07 Å². The van der Waals surface area contributed by atoms with Crippen molar-refractivity contribution < 1.29 is 24.2 Å². The normalized spacial score (nSPS) is 18.8. The lowest BCUT2D eigenvalue weighted by atomic mass is 9.63. The third kappa shape index (κ3) is 6.35. The van der Waals surface area contributed by atoms with Crippen LogP contribution in [-0.2, 0) is 16.1 Å². The summed E-state index contributed by atoms with van der Waals surface area (Å²) in [6, 6.07) is 16.8. The molecule has 6 rings (SSSR count). The van der Waals surface area contributed by atoms with Crippen LogP contribution in [-0.4, -0.2) is 26.3 Å². The summed E-state index contributed by atoms with van der Waals surface area (Å²) in [6.07, 6.45) is 2.01. The maximum atomic E-state index is 14.2. The molecule has 48 heavy (non-hydrogen) atoms. The maximum Gasteiger partial charge on any atom is 0.318 e. The summed E-state index contributed by atoms with van der Waals surface area (Å²) in [4.78, 5) is 52.2. The maximum absolute atomic E-state index is 14.2. The SMILES string of the molecule is CC1(C)CC(=O)C2=C(C1)N(Cc1ccccc1)C1=C(C(=O)CC(C)(C)C1)C2c1cc(Br)c(Oc2ccc([N+](=O)[O-])cc2[N+](=O)[O-])c(Br)c1. The van der Waals surface area contributed by atoms with Crippen LogP contribution in [0.3, 0.4) is 0 Å². The minimum Gasteiger partial charge on any atom is -0.448 e. The van der Waals surface area contributed by atoms with Crippen LogP contribution in [0.2, 0.25) is 0 Å². The summed E-state index contributed by atoms with van der Waals surface area (Å²) < 4.78 is 6.82. The number of nitro benzene ring substituents is 2. The molecule has 0 N–H and O–H groups in total. The molecular weight excluding hydrogens is 746 g/mol. The van der Waals surface area contributed by atoms with Crippen LogP contribution < -0.4 is 4.74 Å². The van der Waals surface area contributed by atoms with Gasteiger partial charge in [-0.2, -0.15) is 0 Å². The lowest BCUT2D eigenvalue weighted by Gasteiger charge is -2.49. The second kappa shape index (κ2) is 12.4. The molecular formula is C36H33Br2N3O7. The van der Waals surface area contributed by atoms with Crippen molar-refractivity contribution in [2.45, 2.75) is 65.8 Å². The van der Waals surface area contributed by atoms with E-state index < -0.39 is 27.1 Å². The number of carbonyl (C=O) groups excluding carboxylic acids is 2. The van der Waals surface area contributed by atoms with Crippen LogP contribution in [0.1, 0.15) is 70.4 Å². The van der Waals surface area contributed by atoms with Gasteiger partial charge in [-0.25, -0.2) is 0 Å². The average molecular weight is 779 g/mol. The van der Waals surface area contributed by atoms with E-state index in [4.69, 9.17) is 4.74 Å². The molecule has 3 aromatic carbocycles. The molecule has 0 radical (unpaired) electrons. The van der Waals surface area contributed by atoms with Crippen molar-refractivity contribution in [1.29, 1.82) is 0 Å². The molecule has 0 spiro atoms. The number of non-ortho nitro benzene ring substituents is 1. The first-order valence-electron chi connectivity index (χ1n) is 15.5. The lowest BCUT2D eigenvalue weighted by molar-refractivity contribution is -0.394. The Balaban J connectivity index is 1.51. The third-order valence-electron chi connectivity index (χ3n) is 9.12. The Hall–Kier alpha value is -4.16. The van der Waals surface area contributed by atoms with Gasteiger partial charge in [-0.15, -0.1) is 0 Å². The van der Waals surface area contributed by atoms with Gasteiger partial charge in [0, 0.05) is 53.9 Å². The molecule has 0 aromatic heterocycles. The Morgan fingerprint density at radius 3 is 1.83 bits per heavy atom. The first kappa shape index (κ1) is 33.7. The molecule has 3 aliphatic rings. The van der Waals surface area contributed by atoms with Crippen LogP contribution in [0.25, 0.3) is 0 Å². The molecule has 3 aromatic rings. The first-order chi connectivity index (χ1) is 22.5. The molecule has 0 bridgehead atoms. The molecule has 0 unspecified atom stereocenters. The molecule has 0 saturated heterocycles. The predicted octanol–water partition coefficient (Wildman–Crippen LogP) is 9.71. The molecule has 1 heterocycles. The molecule has 2 aliphatic carbocycles. The van der Waals surface area contributed by atoms with Crippen LogP contribution in [0.5, 0.6) is 11.5 Å². The summed E-state index contributed by atoms with van der Waals surface area (Å²) in [5, 5.41) is 23.0. The van der Waals surface area contributed by atoms with E-state index in [0.29, 0.717) is 57.9 Å². The number of hydrogen-bond acceptors (Lipinski definition) is 8. The molecule has 248 valence electrons. The van der Waals surface area contributed by atoms with E-state index in [-0.39, 0.29) is 33.9 Å². The van der Waals surface area contributed by atoms with Crippen LogP contribution in [0, 0.1) is 31.1 Å². The number of Topliss-reactive ketones (excluding diaryl/α,β-unsaturated/α-hetero) is 2. The number of benzene rings is 3. The van der Waals surface area contributed by atoms with Crippen molar-refractivity contribution >= 4 is 54.8 Å². The Morgan fingerprint density at radius 2 is 1.33 bits per heavy atom. The largest absolute Gasteiger partial charge is 0.448 e. The molecule has 12 heteroatoms. The number of nitrogens with zero attached hydrogens (tertiary/aromatic N) is 3. The zero-order valence-electron chi connectivity index (χ0n) is 26.8. The highest BCUT2D eigenvalue weighted by atomic mass is 79.9. The van der Waals surface area contributed by atoms with E-state index >= 15 is 0 Å². The highest BCUT2D eigenvalue weighted by molar-refractivity contribution is 9.11. The predicted molar refractivity (Wildman–Crippen MR) is 186 cm³/mol. The number of hydrogen-bond donors (Lipinski definition) is 0. The summed E-state index contributed by atoms with van der Waals surface area (Å²) in [7, 11) is 0. The molecule has 10 nitrogen and oxygen atoms in total. The number of nitro groups is 2. The van der Waals surface area contributed by atoms with Gasteiger partial charge in [0.1, 0.15) is 0 Å². The summed E-state index contributed by atoms with van der Waals surface area (Å²) >= 11 is 7.15. The average Bonchev–Trinajstić information content (AvgIpc) is 2.98. The Kier molecular flexibility index (Phi) is 8.70. The zero-order valence-corrected chi connectivity index (χ0v) is 30.0. The van der Waals surface area contributed by atoms with Crippen molar-refractivity contribution in [3.63, 3.8) is 0 Å². The molecule has 0 atom stereocenters. The van der Waals surface area contributed by atoms with Gasteiger partial charge >= 0.3 is 5.69 Å². The first-order valence-corrected chi connectivity index (χ1v) is 17.1. The fourth-order valence-corrected chi connectivity index (χ4v) is 8.52. The van der Waals surface area contributed by atoms with E-state index in [2.05, 4.69) is 76.6 Å². The van der Waals surface area contributed by atoms with Crippen molar-refractivity contribution in [2.24, 2.45) is 10.8 Å². The Labute approximate surface area is 294 Å². The number of carbonyl (C=O) groups is 2. The molecule has 0 saturated carbocycles. The number of rotatable bonds is 7. The van der Waals surface area contributed by atoms with E-state index in [0.717, 1.165) is 29.1 Å². The van der Waals surface area contributed by atoms with Crippen LogP contribution in [0.4, 0.5) is 11.4 Å². The smallest absolute Gasteiger partial charge is 0.318 e. The number of ether oxygens (including phenoxy) is 1. The van der Waals surface area contributed by atoms with Gasteiger partial charge in [0.25, 0.3) is 5.69 Å². The zero-order chi connectivity index (χ0) is 34.7. The molecule has 0 fully saturated rings. The monoisotopic (exact) mass is 777 g/mol. The van der Waals surface area contributed by atoms with Crippen molar-refractivity contribution in [1.82, 2.24) is 4.90 Å². The topological polar surface area (TPSA) is 133 Å². The Bertz CT molecular complexity index is 1890. The van der Waals surface area contributed by atoms with Gasteiger partial charge in [-0.3, -0.25) is 29.8 Å². The highest BCUT2D eigenvalue weighted by Gasteiger charge is 2.49.